The topological polar surface area (TPSA) is 45.2 Å². The fourth-order valence-electron chi connectivity index (χ4n) is 3.06. The van der Waals surface area contributed by atoms with Gasteiger partial charge in [-0.25, -0.2) is 4.98 Å². The van der Waals surface area contributed by atoms with Gasteiger partial charge in [0.05, 0.1) is 17.1 Å². The van der Waals surface area contributed by atoms with Crippen LogP contribution in [0.3, 0.4) is 0 Å². The van der Waals surface area contributed by atoms with Gasteiger partial charge in [0, 0.05) is 24.9 Å². The van der Waals surface area contributed by atoms with Crippen molar-refractivity contribution in [1.82, 2.24) is 15.2 Å². The van der Waals surface area contributed by atoms with Crippen molar-refractivity contribution >= 4 is 17.2 Å². The molecule has 1 fully saturated rings. The molecule has 2 aromatic rings. The first-order chi connectivity index (χ1) is 11.2. The van der Waals surface area contributed by atoms with Crippen molar-refractivity contribution in [3.8, 4) is 0 Å². The van der Waals surface area contributed by atoms with Crippen LogP contribution in [0.5, 0.6) is 0 Å². The average molecular weight is 329 g/mol. The van der Waals surface area contributed by atoms with Gasteiger partial charge in [0.1, 0.15) is 0 Å². The Kier molecular flexibility index (Phi) is 5.41. The maximum Gasteiger partial charge on any atom is 0.228 e. The fraction of sp³-hybridized carbons (Fsp3) is 0.444. The molecule has 1 amide bonds. The number of nitrogens with one attached hydrogen (secondary N) is 1. The molecule has 1 N–H and O–H groups in total. The molecular formula is C18H23N3OS. The van der Waals surface area contributed by atoms with E-state index >= 15 is 0 Å². The molecule has 122 valence electrons. The number of carbonyl (C=O) groups is 1. The summed E-state index contributed by atoms with van der Waals surface area (Å²) in [6.07, 6.45) is 2.37. The third-order valence-corrected chi connectivity index (χ3v) is 5.16. The summed E-state index contributed by atoms with van der Waals surface area (Å²) < 4.78 is 0. The van der Waals surface area contributed by atoms with E-state index in [2.05, 4.69) is 22.4 Å². The lowest BCUT2D eigenvalue weighted by atomic mass is 10.1. The van der Waals surface area contributed by atoms with E-state index in [4.69, 9.17) is 0 Å². The summed E-state index contributed by atoms with van der Waals surface area (Å²) in [4.78, 5) is 19.0. The number of nitrogens with zero attached hydrogens (tertiary/aromatic N) is 2. The van der Waals surface area contributed by atoms with Crippen LogP contribution in [-0.4, -0.2) is 42.5 Å². The average Bonchev–Trinajstić information content (AvgIpc) is 3.18. The third kappa shape index (κ3) is 4.39. The zero-order valence-electron chi connectivity index (χ0n) is 13.5. The molecule has 0 aliphatic carbocycles. The molecule has 3 rings (SSSR count). The molecule has 1 saturated heterocycles. The summed E-state index contributed by atoms with van der Waals surface area (Å²) in [6, 6.07) is 10.3. The predicted molar refractivity (Wildman–Crippen MR) is 93.7 cm³/mol. The second-order valence-electron chi connectivity index (χ2n) is 6.12. The van der Waals surface area contributed by atoms with Gasteiger partial charge in [0.2, 0.25) is 5.91 Å². The van der Waals surface area contributed by atoms with E-state index in [0.717, 1.165) is 43.2 Å². The molecule has 5 heteroatoms. The molecular weight excluding hydrogens is 306 g/mol. The number of amides is 1. The van der Waals surface area contributed by atoms with Crippen molar-refractivity contribution in [1.29, 1.82) is 0 Å². The molecule has 1 atom stereocenters. The van der Waals surface area contributed by atoms with Crippen LogP contribution in [0.4, 0.5) is 0 Å². The van der Waals surface area contributed by atoms with Crippen molar-refractivity contribution in [2.75, 3.05) is 26.7 Å². The molecule has 0 radical (unpaired) electrons. The fourth-order valence-corrected chi connectivity index (χ4v) is 3.89. The summed E-state index contributed by atoms with van der Waals surface area (Å²) in [7, 11) is 1.97. The van der Waals surface area contributed by atoms with E-state index in [0.29, 0.717) is 12.3 Å². The minimum atomic E-state index is 0.208. The second kappa shape index (κ2) is 7.70. The number of aromatic nitrogens is 1. The molecule has 23 heavy (non-hydrogen) atoms. The lowest BCUT2D eigenvalue weighted by molar-refractivity contribution is -0.129. The zero-order valence-corrected chi connectivity index (χ0v) is 14.3. The van der Waals surface area contributed by atoms with E-state index in [-0.39, 0.29) is 5.91 Å². The van der Waals surface area contributed by atoms with Crippen molar-refractivity contribution in [3.63, 3.8) is 0 Å². The van der Waals surface area contributed by atoms with Gasteiger partial charge in [0.25, 0.3) is 0 Å². The number of rotatable bonds is 6. The van der Waals surface area contributed by atoms with Crippen molar-refractivity contribution in [2.45, 2.75) is 19.3 Å². The van der Waals surface area contributed by atoms with E-state index in [9.17, 15) is 4.79 Å². The highest BCUT2D eigenvalue weighted by atomic mass is 32.1. The summed E-state index contributed by atoms with van der Waals surface area (Å²) >= 11 is 1.65. The Bertz CT molecular complexity index is 641. The Morgan fingerprint density at radius 2 is 2.22 bits per heavy atom. The number of thiazole rings is 1. The third-order valence-electron chi connectivity index (χ3n) is 4.26. The molecule has 1 aliphatic rings. The Labute approximate surface area is 141 Å². The summed E-state index contributed by atoms with van der Waals surface area (Å²) in [6.45, 7) is 2.74. The number of benzene rings is 1. The van der Waals surface area contributed by atoms with Gasteiger partial charge in [-0.1, -0.05) is 30.3 Å². The first-order valence-corrected chi connectivity index (χ1v) is 9.02. The van der Waals surface area contributed by atoms with Crippen molar-refractivity contribution in [3.05, 3.63) is 52.0 Å². The van der Waals surface area contributed by atoms with Gasteiger partial charge in [0.15, 0.2) is 0 Å². The molecule has 0 bridgehead atoms. The van der Waals surface area contributed by atoms with Crippen LogP contribution < -0.4 is 5.32 Å². The maximum absolute atomic E-state index is 12.4. The van der Waals surface area contributed by atoms with E-state index in [1.807, 2.05) is 35.5 Å². The Morgan fingerprint density at radius 3 is 3.00 bits per heavy atom. The first-order valence-electron chi connectivity index (χ1n) is 8.14. The van der Waals surface area contributed by atoms with Crippen LogP contribution in [0.2, 0.25) is 0 Å². The largest absolute Gasteiger partial charge is 0.342 e. The predicted octanol–water partition coefficient (Wildman–Crippen LogP) is 2.34. The molecule has 1 aromatic heterocycles. The summed E-state index contributed by atoms with van der Waals surface area (Å²) in [5, 5.41) is 6.30. The van der Waals surface area contributed by atoms with Gasteiger partial charge >= 0.3 is 0 Å². The van der Waals surface area contributed by atoms with Gasteiger partial charge in [-0.05, 0) is 31.5 Å². The Hall–Kier alpha value is -1.72. The highest BCUT2D eigenvalue weighted by molar-refractivity contribution is 7.09. The highest BCUT2D eigenvalue weighted by Gasteiger charge is 2.25. The lowest BCUT2D eigenvalue weighted by Gasteiger charge is -2.15. The maximum atomic E-state index is 12.4. The smallest absolute Gasteiger partial charge is 0.228 e. The monoisotopic (exact) mass is 329 g/mol. The van der Waals surface area contributed by atoms with Gasteiger partial charge < -0.3 is 10.2 Å². The lowest BCUT2D eigenvalue weighted by Crippen LogP contribution is -2.31. The van der Waals surface area contributed by atoms with Crippen LogP contribution in [0.1, 0.15) is 22.7 Å². The second-order valence-corrected chi connectivity index (χ2v) is 7.07. The first kappa shape index (κ1) is 16.1. The number of carbonyl (C=O) groups excluding carboxylic acids is 1. The quantitative estimate of drug-likeness (QED) is 0.885. The Morgan fingerprint density at radius 1 is 1.39 bits per heavy atom. The number of hydrogen-bond donors (Lipinski definition) is 1. The molecule has 2 heterocycles. The van der Waals surface area contributed by atoms with Gasteiger partial charge in [-0.15, -0.1) is 11.3 Å². The van der Waals surface area contributed by atoms with Crippen LogP contribution in [0, 0.1) is 5.92 Å². The van der Waals surface area contributed by atoms with Crippen LogP contribution >= 0.6 is 11.3 Å². The molecule has 0 spiro atoms. The van der Waals surface area contributed by atoms with E-state index in [1.54, 1.807) is 11.3 Å². The van der Waals surface area contributed by atoms with Gasteiger partial charge in [-0.3, -0.25) is 4.79 Å². The Balaban J connectivity index is 1.54. The van der Waals surface area contributed by atoms with Crippen LogP contribution in [0.15, 0.2) is 35.7 Å². The number of likely N-dealkylation sites (tertiary alicyclic amines) is 1. The molecule has 1 aliphatic heterocycles. The number of hydrogen-bond acceptors (Lipinski definition) is 4. The molecule has 0 saturated carbocycles. The van der Waals surface area contributed by atoms with Crippen LogP contribution in [-0.2, 0) is 17.6 Å². The molecule has 1 unspecified atom stereocenters. The highest BCUT2D eigenvalue weighted by Crippen LogP contribution is 2.19. The minimum Gasteiger partial charge on any atom is -0.342 e. The zero-order chi connectivity index (χ0) is 16.1. The van der Waals surface area contributed by atoms with Crippen LogP contribution in [0.25, 0.3) is 0 Å². The standard InChI is InChI=1S/C18H23N3OS/c1-19-11-15-7-8-21(12-15)18(22)10-16-13-23-17(20-16)9-14-5-3-2-4-6-14/h2-6,13,15,19H,7-12H2,1H3. The summed E-state index contributed by atoms with van der Waals surface area (Å²) in [5.41, 5.74) is 2.16. The minimum absolute atomic E-state index is 0.208. The van der Waals surface area contributed by atoms with E-state index in [1.165, 1.54) is 5.56 Å². The SMILES string of the molecule is CNCC1CCN(C(=O)Cc2csc(Cc3ccccc3)n2)C1. The molecule has 1 aromatic carbocycles. The summed E-state index contributed by atoms with van der Waals surface area (Å²) in [5.74, 6) is 0.799. The van der Waals surface area contributed by atoms with Crippen molar-refractivity contribution in [2.24, 2.45) is 5.92 Å². The van der Waals surface area contributed by atoms with Crippen molar-refractivity contribution < 1.29 is 4.79 Å². The van der Waals surface area contributed by atoms with E-state index < -0.39 is 0 Å². The molecule has 4 nitrogen and oxygen atoms in total. The normalized spacial score (nSPS) is 17.6. The van der Waals surface area contributed by atoms with Gasteiger partial charge in [-0.2, -0.15) is 0 Å².